The number of ether oxygens (including phenoxy) is 1. The lowest BCUT2D eigenvalue weighted by Gasteiger charge is -2.31. The molecule has 5 nitrogen and oxygen atoms in total. The quantitative estimate of drug-likeness (QED) is 0.786. The maximum absolute atomic E-state index is 12.2. The van der Waals surface area contributed by atoms with Crippen LogP contribution < -0.4 is 0 Å². The Bertz CT molecular complexity index is 517. The molecule has 0 spiro atoms. The Labute approximate surface area is 130 Å². The summed E-state index contributed by atoms with van der Waals surface area (Å²) in [6.45, 7) is 3.20. The molecule has 5 heteroatoms. The van der Waals surface area contributed by atoms with Crippen molar-refractivity contribution in [3.05, 3.63) is 35.9 Å². The number of carboxylic acids is 1. The van der Waals surface area contributed by atoms with Gasteiger partial charge < -0.3 is 14.7 Å². The van der Waals surface area contributed by atoms with Gasteiger partial charge in [-0.25, -0.2) is 4.79 Å². The summed E-state index contributed by atoms with van der Waals surface area (Å²) in [6.07, 6.45) is 2.22. The Hall–Kier alpha value is -1.88. The molecule has 1 aromatic carbocycles. The fourth-order valence-corrected chi connectivity index (χ4v) is 2.81. The van der Waals surface area contributed by atoms with Crippen LogP contribution in [0.25, 0.3) is 0 Å². The maximum Gasteiger partial charge on any atom is 0.329 e. The minimum Gasteiger partial charge on any atom is -0.480 e. The molecule has 0 saturated carbocycles. The molecule has 1 aromatic rings. The van der Waals surface area contributed by atoms with E-state index >= 15 is 0 Å². The van der Waals surface area contributed by atoms with E-state index in [4.69, 9.17) is 4.74 Å². The number of carboxylic acid groups (broad SMARTS) is 1. The van der Waals surface area contributed by atoms with Crippen molar-refractivity contribution in [2.45, 2.75) is 44.8 Å². The second-order valence-corrected chi connectivity index (χ2v) is 5.87. The largest absolute Gasteiger partial charge is 0.480 e. The number of amides is 1. The van der Waals surface area contributed by atoms with Gasteiger partial charge in [0.1, 0.15) is 5.54 Å². The van der Waals surface area contributed by atoms with E-state index in [0.29, 0.717) is 39.0 Å². The summed E-state index contributed by atoms with van der Waals surface area (Å²) in [5.41, 5.74) is 0.0638. The predicted molar refractivity (Wildman–Crippen MR) is 82.3 cm³/mol. The fraction of sp³-hybridized carbons (Fsp3) is 0.529. The molecule has 0 bridgehead atoms. The zero-order valence-electron chi connectivity index (χ0n) is 13.0. The van der Waals surface area contributed by atoms with Gasteiger partial charge in [-0.1, -0.05) is 30.3 Å². The van der Waals surface area contributed by atoms with E-state index < -0.39 is 11.5 Å². The molecule has 0 aliphatic carbocycles. The van der Waals surface area contributed by atoms with Crippen LogP contribution in [0.5, 0.6) is 0 Å². The van der Waals surface area contributed by atoms with Gasteiger partial charge in [0.25, 0.3) is 0 Å². The lowest BCUT2D eigenvalue weighted by molar-refractivity contribution is -0.155. The molecule has 1 aliphatic rings. The average Bonchev–Trinajstić information content (AvgIpc) is 2.91. The molecular formula is C17H23NO4. The van der Waals surface area contributed by atoms with Crippen LogP contribution >= 0.6 is 0 Å². The van der Waals surface area contributed by atoms with E-state index in [1.54, 1.807) is 6.92 Å². The molecule has 1 aliphatic heterocycles. The molecule has 1 atom stereocenters. The number of carbonyl (C=O) groups excluding carboxylic acids is 1. The first-order valence-electron chi connectivity index (χ1n) is 7.69. The Balaban J connectivity index is 1.71. The third-order valence-corrected chi connectivity index (χ3v) is 4.19. The first-order valence-corrected chi connectivity index (χ1v) is 7.69. The van der Waals surface area contributed by atoms with Crippen molar-refractivity contribution >= 4 is 11.9 Å². The molecule has 1 unspecified atom stereocenters. The fourth-order valence-electron chi connectivity index (χ4n) is 2.81. The molecule has 1 N–H and O–H groups in total. The van der Waals surface area contributed by atoms with Crippen LogP contribution in [-0.2, 0) is 20.9 Å². The average molecular weight is 305 g/mol. The molecule has 1 amide bonds. The Morgan fingerprint density at radius 2 is 2.05 bits per heavy atom. The second-order valence-electron chi connectivity index (χ2n) is 5.87. The van der Waals surface area contributed by atoms with Crippen molar-refractivity contribution in [2.24, 2.45) is 0 Å². The monoisotopic (exact) mass is 305 g/mol. The topological polar surface area (TPSA) is 66.8 Å². The minimum absolute atomic E-state index is 0.0919. The zero-order valence-corrected chi connectivity index (χ0v) is 13.0. The maximum atomic E-state index is 12.2. The van der Waals surface area contributed by atoms with Crippen LogP contribution in [0.15, 0.2) is 30.3 Å². The van der Waals surface area contributed by atoms with Gasteiger partial charge in [0.05, 0.1) is 6.61 Å². The summed E-state index contributed by atoms with van der Waals surface area (Å²) in [4.78, 5) is 25.1. The lowest BCUT2D eigenvalue weighted by Crippen LogP contribution is -2.50. The number of carbonyl (C=O) groups is 2. The number of aliphatic carboxylic acids is 1. The predicted octanol–water partition coefficient (Wildman–Crippen LogP) is 2.45. The SMILES string of the molecule is CC1(C(=O)O)CCCN1C(=O)CCCOCc1ccccc1. The third kappa shape index (κ3) is 3.85. The van der Waals surface area contributed by atoms with Crippen molar-refractivity contribution in [2.75, 3.05) is 13.2 Å². The minimum atomic E-state index is -1.04. The van der Waals surface area contributed by atoms with Crippen LogP contribution in [0.3, 0.4) is 0 Å². The molecule has 2 rings (SSSR count). The summed E-state index contributed by atoms with van der Waals surface area (Å²) < 4.78 is 5.55. The van der Waals surface area contributed by atoms with Gasteiger partial charge in [-0.2, -0.15) is 0 Å². The van der Waals surface area contributed by atoms with E-state index in [9.17, 15) is 14.7 Å². The summed E-state index contributed by atoms with van der Waals surface area (Å²) in [5, 5.41) is 9.31. The van der Waals surface area contributed by atoms with Crippen molar-refractivity contribution in [1.29, 1.82) is 0 Å². The standard InChI is InChI=1S/C17H23NO4/c1-17(16(20)21)10-6-11-18(17)15(19)9-5-12-22-13-14-7-3-2-4-8-14/h2-4,7-8H,5-6,9-13H2,1H3,(H,20,21). The number of benzene rings is 1. The van der Waals surface area contributed by atoms with Crippen molar-refractivity contribution in [1.82, 2.24) is 4.90 Å². The summed E-state index contributed by atoms with van der Waals surface area (Å²) >= 11 is 0. The summed E-state index contributed by atoms with van der Waals surface area (Å²) in [6, 6.07) is 9.86. The van der Waals surface area contributed by atoms with Crippen LogP contribution in [-0.4, -0.2) is 40.6 Å². The van der Waals surface area contributed by atoms with Crippen molar-refractivity contribution in [3.8, 4) is 0 Å². The van der Waals surface area contributed by atoms with Gasteiger partial charge in [0, 0.05) is 19.6 Å². The highest BCUT2D eigenvalue weighted by atomic mass is 16.5. The molecule has 1 saturated heterocycles. The van der Waals surface area contributed by atoms with Crippen molar-refractivity contribution < 1.29 is 19.4 Å². The summed E-state index contributed by atoms with van der Waals surface area (Å²) in [7, 11) is 0. The van der Waals surface area contributed by atoms with E-state index in [-0.39, 0.29) is 5.91 Å². The highest BCUT2D eigenvalue weighted by molar-refractivity contribution is 5.87. The highest BCUT2D eigenvalue weighted by Gasteiger charge is 2.45. The normalized spacial score (nSPS) is 21.0. The van der Waals surface area contributed by atoms with Gasteiger partial charge in [0.15, 0.2) is 0 Å². The van der Waals surface area contributed by atoms with E-state index in [2.05, 4.69) is 0 Å². The Kier molecular flexibility index (Phi) is 5.55. The molecule has 1 fully saturated rings. The highest BCUT2D eigenvalue weighted by Crippen LogP contribution is 2.29. The first-order chi connectivity index (χ1) is 10.5. The van der Waals surface area contributed by atoms with Crippen LogP contribution in [0.2, 0.25) is 0 Å². The van der Waals surface area contributed by atoms with Crippen molar-refractivity contribution in [3.63, 3.8) is 0 Å². The van der Waals surface area contributed by atoms with Crippen LogP contribution in [0, 0.1) is 0 Å². The van der Waals surface area contributed by atoms with Gasteiger partial charge >= 0.3 is 5.97 Å². The van der Waals surface area contributed by atoms with Gasteiger partial charge in [-0.05, 0) is 31.7 Å². The second kappa shape index (κ2) is 7.40. The molecule has 120 valence electrons. The smallest absolute Gasteiger partial charge is 0.329 e. The number of rotatable bonds is 7. The van der Waals surface area contributed by atoms with Gasteiger partial charge in [-0.15, -0.1) is 0 Å². The molecule has 22 heavy (non-hydrogen) atoms. The third-order valence-electron chi connectivity index (χ3n) is 4.19. The number of likely N-dealkylation sites (tertiary alicyclic amines) is 1. The number of hydrogen-bond acceptors (Lipinski definition) is 3. The number of nitrogens with zero attached hydrogens (tertiary/aromatic N) is 1. The molecule has 1 heterocycles. The Morgan fingerprint density at radius 1 is 1.32 bits per heavy atom. The summed E-state index contributed by atoms with van der Waals surface area (Å²) in [5.74, 6) is -1.01. The molecular weight excluding hydrogens is 282 g/mol. The van der Waals surface area contributed by atoms with Crippen LogP contribution in [0.1, 0.15) is 38.2 Å². The molecule has 0 aromatic heterocycles. The van der Waals surface area contributed by atoms with E-state index in [0.717, 1.165) is 12.0 Å². The first kappa shape index (κ1) is 16.5. The molecule has 0 radical (unpaired) electrons. The van der Waals surface area contributed by atoms with E-state index in [1.165, 1.54) is 4.90 Å². The van der Waals surface area contributed by atoms with Gasteiger partial charge in [0.2, 0.25) is 5.91 Å². The van der Waals surface area contributed by atoms with Crippen LogP contribution in [0.4, 0.5) is 0 Å². The number of hydrogen-bond donors (Lipinski definition) is 1. The Morgan fingerprint density at radius 3 is 2.73 bits per heavy atom. The van der Waals surface area contributed by atoms with Gasteiger partial charge in [-0.3, -0.25) is 4.79 Å². The van der Waals surface area contributed by atoms with E-state index in [1.807, 2.05) is 30.3 Å². The zero-order chi connectivity index (χ0) is 16.0. The lowest BCUT2D eigenvalue weighted by atomic mass is 9.99.